The third-order valence-electron chi connectivity index (χ3n) is 2.83. The summed E-state index contributed by atoms with van der Waals surface area (Å²) >= 11 is 0. The van der Waals surface area contributed by atoms with Gasteiger partial charge in [0.05, 0.1) is 23.4 Å². The molecule has 0 spiro atoms. The average molecular weight is 244 g/mol. The van der Waals surface area contributed by atoms with Crippen molar-refractivity contribution < 1.29 is 18.3 Å². The highest BCUT2D eigenvalue weighted by atomic mass is 32.2. The maximum absolute atomic E-state index is 11.4. The van der Waals surface area contributed by atoms with Crippen molar-refractivity contribution in [2.45, 2.75) is 12.3 Å². The van der Waals surface area contributed by atoms with Crippen molar-refractivity contribution in [3.05, 3.63) is 17.5 Å². The molecule has 1 saturated heterocycles. The molecule has 0 bridgehead atoms. The van der Waals surface area contributed by atoms with E-state index in [-0.39, 0.29) is 23.0 Å². The van der Waals surface area contributed by atoms with E-state index in [2.05, 4.69) is 5.10 Å². The van der Waals surface area contributed by atoms with E-state index >= 15 is 0 Å². The van der Waals surface area contributed by atoms with Crippen LogP contribution in [0.2, 0.25) is 0 Å². The minimum atomic E-state index is -3.01. The fourth-order valence-electron chi connectivity index (χ4n) is 2.11. The molecule has 0 amide bonds. The molecular formula is C9H12N2O4S. The molecule has 1 N–H and O–H groups in total. The number of sulfone groups is 1. The highest BCUT2D eigenvalue weighted by Crippen LogP contribution is 2.30. The zero-order valence-corrected chi connectivity index (χ0v) is 9.57. The third kappa shape index (κ3) is 1.82. The first-order chi connectivity index (χ1) is 7.41. The first-order valence-electron chi connectivity index (χ1n) is 4.86. The molecule has 6 nitrogen and oxygen atoms in total. The zero-order valence-electron chi connectivity index (χ0n) is 8.75. The van der Waals surface area contributed by atoms with Crippen LogP contribution >= 0.6 is 0 Å². The van der Waals surface area contributed by atoms with E-state index in [1.807, 2.05) is 0 Å². The average Bonchev–Trinajstić information content (AvgIpc) is 2.69. The van der Waals surface area contributed by atoms with Crippen molar-refractivity contribution in [1.82, 2.24) is 9.78 Å². The third-order valence-corrected chi connectivity index (χ3v) is 4.60. The molecule has 16 heavy (non-hydrogen) atoms. The molecule has 2 rings (SSSR count). The van der Waals surface area contributed by atoms with Gasteiger partial charge in [-0.25, -0.2) is 13.2 Å². The van der Waals surface area contributed by atoms with Crippen LogP contribution in [-0.2, 0) is 16.9 Å². The smallest absolute Gasteiger partial charge is 0.339 e. The Balaban J connectivity index is 2.41. The van der Waals surface area contributed by atoms with E-state index in [0.717, 1.165) is 0 Å². The molecule has 1 aliphatic rings. The number of carboxylic acid groups (broad SMARTS) is 1. The van der Waals surface area contributed by atoms with Crippen molar-refractivity contribution in [1.29, 1.82) is 0 Å². The zero-order chi connectivity index (χ0) is 11.9. The molecule has 0 radical (unpaired) electrons. The second-order valence-corrected chi connectivity index (χ2v) is 6.20. The number of hydrogen-bond acceptors (Lipinski definition) is 4. The van der Waals surface area contributed by atoms with Crippen molar-refractivity contribution in [3.8, 4) is 0 Å². The summed E-state index contributed by atoms with van der Waals surface area (Å²) in [5, 5.41) is 12.8. The molecule has 1 unspecified atom stereocenters. The molecule has 7 heteroatoms. The lowest BCUT2D eigenvalue weighted by Crippen LogP contribution is -2.12. The molecule has 1 aromatic rings. The van der Waals surface area contributed by atoms with E-state index in [1.54, 1.807) is 7.05 Å². The molecule has 1 aliphatic heterocycles. The quantitative estimate of drug-likeness (QED) is 0.792. The standard InChI is InChI=1S/C9H12N2O4S/c1-11-8(7(4-10-11)9(12)13)6-2-3-16(14,15)5-6/h4,6H,2-3,5H2,1H3,(H,12,13). The van der Waals surface area contributed by atoms with Gasteiger partial charge in [0.1, 0.15) is 5.56 Å². The molecule has 1 atom stereocenters. The van der Waals surface area contributed by atoms with E-state index in [9.17, 15) is 13.2 Å². The summed E-state index contributed by atoms with van der Waals surface area (Å²) in [4.78, 5) is 11.0. The molecule has 0 saturated carbocycles. The second kappa shape index (κ2) is 3.58. The lowest BCUT2D eigenvalue weighted by molar-refractivity contribution is 0.0695. The van der Waals surface area contributed by atoms with Crippen LogP contribution in [0.3, 0.4) is 0 Å². The summed E-state index contributed by atoms with van der Waals surface area (Å²) in [5.74, 6) is -1.16. The Bertz CT molecular complexity index is 532. The maximum atomic E-state index is 11.4. The molecule has 2 heterocycles. The van der Waals surface area contributed by atoms with Crippen LogP contribution in [0.1, 0.15) is 28.4 Å². The van der Waals surface area contributed by atoms with Crippen LogP contribution < -0.4 is 0 Å². The molecule has 0 aromatic carbocycles. The van der Waals surface area contributed by atoms with Crippen molar-refractivity contribution in [2.24, 2.45) is 7.05 Å². The number of hydrogen-bond donors (Lipinski definition) is 1. The van der Waals surface area contributed by atoms with Gasteiger partial charge >= 0.3 is 5.97 Å². The largest absolute Gasteiger partial charge is 0.478 e. The van der Waals surface area contributed by atoms with Gasteiger partial charge in [-0.3, -0.25) is 4.68 Å². The Kier molecular flexibility index (Phi) is 2.49. The maximum Gasteiger partial charge on any atom is 0.339 e. The summed E-state index contributed by atoms with van der Waals surface area (Å²) in [7, 11) is -1.38. The molecule has 1 aromatic heterocycles. The molecule has 1 fully saturated rings. The van der Waals surface area contributed by atoms with Gasteiger partial charge in [-0.05, 0) is 6.42 Å². The topological polar surface area (TPSA) is 89.3 Å². The fraction of sp³-hybridized carbons (Fsp3) is 0.556. The van der Waals surface area contributed by atoms with Gasteiger partial charge in [0.15, 0.2) is 9.84 Å². The van der Waals surface area contributed by atoms with Crippen molar-refractivity contribution >= 4 is 15.8 Å². The number of nitrogens with zero attached hydrogens (tertiary/aromatic N) is 2. The first-order valence-corrected chi connectivity index (χ1v) is 6.68. The normalized spacial score (nSPS) is 23.4. The highest BCUT2D eigenvalue weighted by Gasteiger charge is 2.33. The molecule has 88 valence electrons. The van der Waals surface area contributed by atoms with Crippen LogP contribution in [0.15, 0.2) is 6.20 Å². The van der Waals surface area contributed by atoms with Crippen LogP contribution in [0.25, 0.3) is 0 Å². The monoisotopic (exact) mass is 244 g/mol. The van der Waals surface area contributed by atoms with Crippen molar-refractivity contribution in [3.63, 3.8) is 0 Å². The summed E-state index contributed by atoms with van der Waals surface area (Å²) in [6, 6.07) is 0. The van der Waals surface area contributed by atoms with E-state index in [4.69, 9.17) is 5.11 Å². The van der Waals surface area contributed by atoms with Crippen LogP contribution in [0, 0.1) is 0 Å². The summed E-state index contributed by atoms with van der Waals surface area (Å²) < 4.78 is 24.2. The van der Waals surface area contributed by atoms with Gasteiger partial charge in [-0.2, -0.15) is 5.10 Å². The minimum Gasteiger partial charge on any atom is -0.478 e. The van der Waals surface area contributed by atoms with E-state index < -0.39 is 15.8 Å². The molecular weight excluding hydrogens is 232 g/mol. The van der Waals surface area contributed by atoms with Gasteiger partial charge in [0.2, 0.25) is 0 Å². The van der Waals surface area contributed by atoms with Crippen LogP contribution in [0.4, 0.5) is 0 Å². The van der Waals surface area contributed by atoms with Crippen LogP contribution in [-0.4, -0.2) is 40.8 Å². The Morgan fingerprint density at radius 3 is 2.81 bits per heavy atom. The lowest BCUT2D eigenvalue weighted by Gasteiger charge is -2.09. The van der Waals surface area contributed by atoms with Gasteiger partial charge in [-0.15, -0.1) is 0 Å². The predicted octanol–water partition coefficient (Wildman–Crippen LogP) is 0.0204. The number of rotatable bonds is 2. The second-order valence-electron chi connectivity index (χ2n) is 3.97. The lowest BCUT2D eigenvalue weighted by atomic mass is 10.0. The van der Waals surface area contributed by atoms with E-state index in [0.29, 0.717) is 12.1 Å². The Labute approximate surface area is 92.8 Å². The Morgan fingerprint density at radius 2 is 2.31 bits per heavy atom. The number of carbonyl (C=O) groups is 1. The fourth-order valence-corrected chi connectivity index (χ4v) is 3.85. The number of aromatic nitrogens is 2. The first kappa shape index (κ1) is 11.1. The summed E-state index contributed by atoms with van der Waals surface area (Å²) in [6.07, 6.45) is 1.74. The number of carboxylic acids is 1. The molecule has 0 aliphatic carbocycles. The van der Waals surface area contributed by atoms with Gasteiger partial charge in [0, 0.05) is 13.0 Å². The van der Waals surface area contributed by atoms with E-state index in [1.165, 1.54) is 10.9 Å². The predicted molar refractivity (Wildman–Crippen MR) is 56.2 cm³/mol. The highest BCUT2D eigenvalue weighted by molar-refractivity contribution is 7.91. The van der Waals surface area contributed by atoms with Crippen molar-refractivity contribution in [2.75, 3.05) is 11.5 Å². The number of aromatic carboxylic acids is 1. The Hall–Kier alpha value is -1.37. The Morgan fingerprint density at radius 1 is 1.62 bits per heavy atom. The van der Waals surface area contributed by atoms with Gasteiger partial charge < -0.3 is 5.11 Å². The summed E-state index contributed by atoms with van der Waals surface area (Å²) in [5.41, 5.74) is 0.609. The van der Waals surface area contributed by atoms with Gasteiger partial charge in [-0.1, -0.05) is 0 Å². The van der Waals surface area contributed by atoms with Crippen LogP contribution in [0.5, 0.6) is 0 Å². The minimum absolute atomic E-state index is 0.0206. The number of aryl methyl sites for hydroxylation is 1. The summed E-state index contributed by atoms with van der Waals surface area (Å²) in [6.45, 7) is 0. The SMILES string of the molecule is Cn1ncc(C(=O)O)c1C1CCS(=O)(=O)C1. The van der Waals surface area contributed by atoms with Gasteiger partial charge in [0.25, 0.3) is 0 Å².